The first-order valence-corrected chi connectivity index (χ1v) is 8.08. The summed E-state index contributed by atoms with van der Waals surface area (Å²) >= 11 is 7.46. The molecule has 1 rings (SSSR count). The third-order valence-corrected chi connectivity index (χ3v) is 4.76. The van der Waals surface area contributed by atoms with Crippen molar-refractivity contribution >= 4 is 28.1 Å². The van der Waals surface area contributed by atoms with Crippen LogP contribution in [0.1, 0.15) is 32.1 Å². The second kappa shape index (κ2) is 8.74. The summed E-state index contributed by atoms with van der Waals surface area (Å²) in [7, 11) is 0. The zero-order chi connectivity index (χ0) is 14.3. The minimum absolute atomic E-state index is 0.0342. The molecule has 0 saturated carbocycles. The summed E-state index contributed by atoms with van der Waals surface area (Å²) in [6.07, 6.45) is 1.11. The van der Waals surface area contributed by atoms with E-state index in [0.717, 1.165) is 49.2 Å². The third kappa shape index (κ3) is 4.91. The lowest BCUT2D eigenvalue weighted by atomic mass is 10.3. The Labute approximate surface area is 125 Å². The molecular weight excluding hydrogens is 282 g/mol. The molecule has 0 aliphatic rings. The first kappa shape index (κ1) is 16.7. The molecule has 0 saturated heterocycles. The Kier molecular flexibility index (Phi) is 7.68. The van der Waals surface area contributed by atoms with Crippen LogP contribution in [0, 0.1) is 0 Å². The second-order valence-corrected chi connectivity index (χ2v) is 5.75. The summed E-state index contributed by atoms with van der Waals surface area (Å²) in [6, 6.07) is 0. The lowest BCUT2D eigenvalue weighted by Crippen LogP contribution is -2.29. The van der Waals surface area contributed by atoms with Crippen LogP contribution < -0.4 is 4.90 Å². The Morgan fingerprint density at radius 3 is 2.32 bits per heavy atom. The van der Waals surface area contributed by atoms with Gasteiger partial charge in [0.15, 0.2) is 5.13 Å². The molecule has 0 aliphatic heterocycles. The van der Waals surface area contributed by atoms with Gasteiger partial charge in [-0.2, -0.15) is 0 Å². The molecule has 6 heteroatoms. The molecule has 0 radical (unpaired) electrons. The monoisotopic (exact) mass is 305 g/mol. The lowest BCUT2D eigenvalue weighted by molar-refractivity contribution is 0.285. The first-order valence-electron chi connectivity index (χ1n) is 6.89. The molecule has 0 atom stereocenters. The third-order valence-electron chi connectivity index (χ3n) is 3.23. The second-order valence-electron chi connectivity index (χ2n) is 4.33. The number of halogens is 1. The number of aliphatic hydroxyl groups is 1. The van der Waals surface area contributed by atoms with E-state index in [4.69, 9.17) is 16.7 Å². The van der Waals surface area contributed by atoms with Gasteiger partial charge in [-0.1, -0.05) is 36.8 Å². The van der Waals surface area contributed by atoms with Crippen molar-refractivity contribution in [2.45, 2.75) is 33.8 Å². The fourth-order valence-corrected chi connectivity index (χ4v) is 3.18. The summed E-state index contributed by atoms with van der Waals surface area (Å²) in [4.78, 5) is 9.72. The normalized spacial score (nSPS) is 11.3. The minimum Gasteiger partial charge on any atom is -0.391 e. The summed E-state index contributed by atoms with van der Waals surface area (Å²) < 4.78 is 0. The van der Waals surface area contributed by atoms with Crippen molar-refractivity contribution in [3.8, 4) is 0 Å². The van der Waals surface area contributed by atoms with Crippen molar-refractivity contribution in [2.75, 3.05) is 37.6 Å². The van der Waals surface area contributed by atoms with Crippen LogP contribution in [-0.4, -0.2) is 47.7 Å². The van der Waals surface area contributed by atoms with Gasteiger partial charge in [0.05, 0.1) is 11.5 Å². The van der Waals surface area contributed by atoms with Crippen molar-refractivity contribution in [1.29, 1.82) is 0 Å². The van der Waals surface area contributed by atoms with E-state index in [9.17, 15) is 0 Å². The van der Waals surface area contributed by atoms with E-state index in [1.165, 1.54) is 11.3 Å². The molecule has 4 nitrogen and oxygen atoms in total. The Hall–Kier alpha value is -0.360. The molecule has 0 aliphatic carbocycles. The highest BCUT2D eigenvalue weighted by molar-refractivity contribution is 7.16. The van der Waals surface area contributed by atoms with E-state index in [1.807, 2.05) is 0 Å². The average Bonchev–Trinajstić information content (AvgIpc) is 2.80. The molecule has 0 aromatic carbocycles. The van der Waals surface area contributed by atoms with Crippen LogP contribution in [0.5, 0.6) is 0 Å². The number of nitrogens with zero attached hydrogens (tertiary/aromatic N) is 3. The molecule has 0 unspecified atom stereocenters. The Balaban J connectivity index is 2.53. The van der Waals surface area contributed by atoms with Crippen molar-refractivity contribution in [2.24, 2.45) is 0 Å². The molecule has 1 N–H and O–H groups in total. The van der Waals surface area contributed by atoms with Gasteiger partial charge in [0.1, 0.15) is 5.15 Å². The fraction of sp³-hybridized carbons (Fsp3) is 0.769. The van der Waals surface area contributed by atoms with Gasteiger partial charge in [-0.05, 0) is 33.0 Å². The maximum atomic E-state index is 9.16. The van der Waals surface area contributed by atoms with Gasteiger partial charge in [0.2, 0.25) is 0 Å². The topological polar surface area (TPSA) is 39.6 Å². The predicted molar refractivity (Wildman–Crippen MR) is 83.3 cm³/mol. The predicted octanol–water partition coefficient (Wildman–Crippen LogP) is 2.85. The maximum Gasteiger partial charge on any atom is 0.187 e. The van der Waals surface area contributed by atoms with Crippen LogP contribution in [0.15, 0.2) is 0 Å². The van der Waals surface area contributed by atoms with Gasteiger partial charge in [-0.15, -0.1) is 0 Å². The molecule has 0 amide bonds. The molecule has 1 aromatic rings. The number of thiazole rings is 1. The minimum atomic E-state index is -0.0342. The van der Waals surface area contributed by atoms with E-state index in [1.54, 1.807) is 0 Å². The largest absolute Gasteiger partial charge is 0.391 e. The number of aliphatic hydroxyl groups excluding tert-OH is 1. The van der Waals surface area contributed by atoms with E-state index in [0.29, 0.717) is 5.15 Å². The van der Waals surface area contributed by atoms with Crippen molar-refractivity contribution in [3.63, 3.8) is 0 Å². The van der Waals surface area contributed by atoms with E-state index in [-0.39, 0.29) is 6.61 Å². The summed E-state index contributed by atoms with van der Waals surface area (Å²) in [5.41, 5.74) is 0. The molecule has 1 heterocycles. The molecule has 1 aromatic heterocycles. The molecule has 0 bridgehead atoms. The zero-order valence-electron chi connectivity index (χ0n) is 12.0. The van der Waals surface area contributed by atoms with E-state index < -0.39 is 0 Å². The van der Waals surface area contributed by atoms with Crippen LogP contribution in [0.4, 0.5) is 5.13 Å². The Morgan fingerprint density at radius 2 is 1.84 bits per heavy atom. The number of rotatable bonds is 9. The van der Waals surface area contributed by atoms with Crippen molar-refractivity contribution in [3.05, 3.63) is 10.0 Å². The lowest BCUT2D eigenvalue weighted by Gasteiger charge is -2.23. The average molecular weight is 306 g/mol. The summed E-state index contributed by atoms with van der Waals surface area (Å²) in [6.45, 7) is 11.6. The smallest absolute Gasteiger partial charge is 0.187 e. The molecular formula is C13H24ClN3OS. The van der Waals surface area contributed by atoms with E-state index >= 15 is 0 Å². The van der Waals surface area contributed by atoms with Crippen LogP contribution in [0.3, 0.4) is 0 Å². The van der Waals surface area contributed by atoms with Gasteiger partial charge in [0.25, 0.3) is 0 Å². The van der Waals surface area contributed by atoms with Gasteiger partial charge < -0.3 is 14.9 Å². The molecule has 19 heavy (non-hydrogen) atoms. The maximum absolute atomic E-state index is 9.16. The Bertz CT molecular complexity index is 369. The standard InChI is InChI=1S/C13H24ClN3OS/c1-4-16(5-2)8-7-9-17(6-3)13-15-12(14)11(10-18)19-13/h18H,4-10H2,1-3H3. The number of hydrogen-bond donors (Lipinski definition) is 1. The van der Waals surface area contributed by atoms with Crippen LogP contribution >= 0.6 is 22.9 Å². The summed E-state index contributed by atoms with van der Waals surface area (Å²) in [5.74, 6) is 0. The number of aromatic nitrogens is 1. The van der Waals surface area contributed by atoms with Crippen molar-refractivity contribution < 1.29 is 5.11 Å². The highest BCUT2D eigenvalue weighted by Crippen LogP contribution is 2.29. The molecule has 0 fully saturated rings. The zero-order valence-corrected chi connectivity index (χ0v) is 13.6. The molecule has 110 valence electrons. The van der Waals surface area contributed by atoms with E-state index in [2.05, 4.69) is 35.6 Å². The van der Waals surface area contributed by atoms with Gasteiger partial charge in [-0.3, -0.25) is 0 Å². The Morgan fingerprint density at radius 1 is 1.16 bits per heavy atom. The highest BCUT2D eigenvalue weighted by atomic mass is 35.5. The quantitative estimate of drug-likeness (QED) is 0.761. The number of anilines is 1. The fourth-order valence-electron chi connectivity index (χ4n) is 1.97. The first-order chi connectivity index (χ1) is 9.15. The SMILES string of the molecule is CCN(CC)CCCN(CC)c1nc(Cl)c(CO)s1. The number of hydrogen-bond acceptors (Lipinski definition) is 5. The van der Waals surface area contributed by atoms with Gasteiger partial charge >= 0.3 is 0 Å². The molecule has 0 spiro atoms. The van der Waals surface area contributed by atoms with Crippen LogP contribution in [-0.2, 0) is 6.61 Å². The van der Waals surface area contributed by atoms with Crippen LogP contribution in [0.25, 0.3) is 0 Å². The van der Waals surface area contributed by atoms with Gasteiger partial charge in [0, 0.05) is 13.1 Å². The summed E-state index contributed by atoms with van der Waals surface area (Å²) in [5, 5.41) is 10.5. The highest BCUT2D eigenvalue weighted by Gasteiger charge is 2.13. The van der Waals surface area contributed by atoms with Crippen LogP contribution in [0.2, 0.25) is 5.15 Å². The van der Waals surface area contributed by atoms with Crippen molar-refractivity contribution in [1.82, 2.24) is 9.88 Å². The van der Waals surface area contributed by atoms with Gasteiger partial charge in [-0.25, -0.2) is 4.98 Å².